The van der Waals surface area contributed by atoms with Crippen molar-refractivity contribution < 1.29 is 59.8 Å². The second-order valence-corrected chi connectivity index (χ2v) is 11.4. The molecule has 3 rings (SSSR count). The number of benzene rings is 1. The van der Waals surface area contributed by atoms with Crippen LogP contribution in [0.4, 0.5) is 11.6 Å². The molecule has 0 saturated carbocycles. The van der Waals surface area contributed by atoms with Gasteiger partial charge in [0.1, 0.15) is 12.1 Å². The van der Waals surface area contributed by atoms with Crippen LogP contribution in [0.3, 0.4) is 0 Å². The molecule has 52 heavy (non-hydrogen) atoms. The zero-order chi connectivity index (χ0) is 36.6. The molecule has 3 aromatic rings. The Morgan fingerprint density at radius 2 is 1.48 bits per heavy atom. The third kappa shape index (κ3) is 14.7. The molecule has 0 saturated heterocycles. The van der Waals surface area contributed by atoms with Crippen LogP contribution >= 0.6 is 25.3 Å². The van der Waals surface area contributed by atoms with E-state index in [-0.39, 0.29) is 105 Å². The van der Waals surface area contributed by atoms with Crippen molar-refractivity contribution in [3.8, 4) is 0 Å². The number of hydrogen-bond acceptors (Lipinski definition) is 15. The van der Waals surface area contributed by atoms with Crippen molar-refractivity contribution in [1.29, 1.82) is 0 Å². The Balaban J connectivity index is 0.00000676. The number of anilines is 2. The fraction of sp³-hybridized carbons (Fsp3) is 0.414. The number of carbonyl (C=O) groups excluding carboxylic acids is 3. The van der Waals surface area contributed by atoms with E-state index in [0.29, 0.717) is 17.9 Å². The Morgan fingerprint density at radius 3 is 2.10 bits per heavy atom. The standard InChI is InChI=1S/C29H39N11O8S2.O.Tc/c30-29-39-23-22(26(44)40-29)37-17(12-36-23)11-35-16-3-1-15(2-4-16)24(42)38-18(27(45)46)5-6-21(41)33-9-10-34-25(43)19(13-49)31-7-8-32-20(14-50)28(47)48;;/h1-4,12,18-20,31-32,35,49-50H,5-11,13-14H2,(H,33,41)(H,34,43)(H,38,42)(H,45,46)(H,47,48)(H3,30,36,39,40,44);;/q;-2;/t18?,19-,20-;;/m0../s1. The van der Waals surface area contributed by atoms with Gasteiger partial charge in [-0.3, -0.25) is 29.0 Å². The van der Waals surface area contributed by atoms with Gasteiger partial charge in [-0.25, -0.2) is 14.8 Å². The number of H-pyrrole nitrogens is 1. The number of amides is 3. The van der Waals surface area contributed by atoms with Crippen LogP contribution in [0, 0.1) is 0 Å². The minimum absolute atomic E-state index is 0. The number of nitrogens with two attached hydrogens (primary N) is 1. The number of nitrogen functional groups attached to an aromatic ring is 1. The smallest absolute Gasteiger partial charge is 0.326 e. The third-order valence-electron chi connectivity index (χ3n) is 7.00. The molecule has 2 heterocycles. The van der Waals surface area contributed by atoms with Crippen LogP contribution in [0.25, 0.3) is 11.2 Å². The average molecular weight is 848 g/mol. The zero-order valence-corrected chi connectivity index (χ0v) is 31.1. The average Bonchev–Trinajstić information content (AvgIpc) is 3.09. The summed E-state index contributed by atoms with van der Waals surface area (Å²) in [5, 5.41) is 35.1. The number of carbonyl (C=O) groups is 5. The van der Waals surface area contributed by atoms with Crippen molar-refractivity contribution in [3.63, 3.8) is 0 Å². The maximum atomic E-state index is 12.7. The molecule has 0 aliphatic heterocycles. The van der Waals surface area contributed by atoms with Gasteiger partial charge < -0.3 is 53.3 Å². The number of nitrogens with zero attached hydrogens (tertiary/aromatic N) is 3. The van der Waals surface area contributed by atoms with E-state index in [1.807, 2.05) is 0 Å². The summed E-state index contributed by atoms with van der Waals surface area (Å²) in [4.78, 5) is 86.9. The predicted octanol–water partition coefficient (Wildman–Crippen LogP) is -2.16. The number of aromatic nitrogens is 4. The fourth-order valence-electron chi connectivity index (χ4n) is 4.32. The van der Waals surface area contributed by atoms with Gasteiger partial charge >= 0.3 is 11.9 Å². The zero-order valence-electron chi connectivity index (χ0n) is 27.4. The van der Waals surface area contributed by atoms with Gasteiger partial charge in [0.15, 0.2) is 11.2 Å². The Bertz CT molecular complexity index is 1720. The van der Waals surface area contributed by atoms with Gasteiger partial charge in [-0.15, -0.1) is 0 Å². The van der Waals surface area contributed by atoms with Crippen LogP contribution in [0.15, 0.2) is 35.3 Å². The molecule has 23 heteroatoms. The Labute approximate surface area is 321 Å². The molecule has 0 spiro atoms. The molecule has 0 fully saturated rings. The van der Waals surface area contributed by atoms with Crippen LogP contribution < -0.4 is 43.2 Å². The first-order valence-corrected chi connectivity index (χ1v) is 16.5. The van der Waals surface area contributed by atoms with E-state index in [1.165, 1.54) is 18.3 Å². The van der Waals surface area contributed by atoms with Crippen LogP contribution in [-0.2, 0) is 51.3 Å². The van der Waals surface area contributed by atoms with Gasteiger partial charge in [-0.2, -0.15) is 30.2 Å². The van der Waals surface area contributed by atoms with E-state index in [0.717, 1.165) is 0 Å². The topological polar surface area (TPSA) is 324 Å². The van der Waals surface area contributed by atoms with E-state index >= 15 is 0 Å². The summed E-state index contributed by atoms with van der Waals surface area (Å²) in [7, 11) is 0. The van der Waals surface area contributed by atoms with Crippen molar-refractivity contribution in [3.05, 3.63) is 52.1 Å². The van der Waals surface area contributed by atoms with Crippen LogP contribution in [0.5, 0.6) is 0 Å². The molecular formula is C29H39N11O9S2Tc-2. The van der Waals surface area contributed by atoms with E-state index in [9.17, 15) is 33.9 Å². The summed E-state index contributed by atoms with van der Waals surface area (Å²) in [6, 6.07) is 3.40. The summed E-state index contributed by atoms with van der Waals surface area (Å²) >= 11 is 8.13. The molecule has 0 aliphatic carbocycles. The van der Waals surface area contributed by atoms with Gasteiger partial charge in [0.2, 0.25) is 17.8 Å². The second-order valence-electron chi connectivity index (χ2n) is 10.7. The minimum atomic E-state index is -1.33. The number of carboxylic acids is 2. The number of rotatable bonds is 21. The van der Waals surface area contributed by atoms with Crippen molar-refractivity contribution in [2.45, 2.75) is 37.5 Å². The Hall–Kier alpha value is -4.38. The van der Waals surface area contributed by atoms with Crippen LogP contribution in [-0.4, -0.2) is 116 Å². The van der Waals surface area contributed by atoms with Crippen molar-refractivity contribution in [1.82, 2.24) is 46.5 Å². The van der Waals surface area contributed by atoms with Gasteiger partial charge in [0, 0.05) is 75.5 Å². The third-order valence-corrected chi connectivity index (χ3v) is 7.73. The quantitative estimate of drug-likeness (QED) is 0.0402. The fourth-order valence-corrected chi connectivity index (χ4v) is 4.90. The Morgan fingerprint density at radius 1 is 0.865 bits per heavy atom. The Kier molecular flexibility index (Phi) is 20.4. The SMILES string of the molecule is Nc1nc2ncc(CNc3ccc(C(=O)NC(CCC(=O)NCCNC(=O)[C@H](CS)NCCN[C@@H](CS)C(=O)O)C(=O)O)cc3)nc2c(=O)[nH]1.[O-2].[Tc]. The molecule has 0 bridgehead atoms. The number of aliphatic carboxylic acids is 2. The molecule has 20 nitrogen and oxygen atoms in total. The maximum absolute atomic E-state index is 12.7. The number of aromatic amines is 1. The minimum Gasteiger partial charge on any atom is -2.00 e. The van der Waals surface area contributed by atoms with E-state index in [4.69, 9.17) is 10.8 Å². The van der Waals surface area contributed by atoms with Crippen molar-refractivity contribution in [2.24, 2.45) is 0 Å². The molecule has 11 N–H and O–H groups in total. The largest absolute Gasteiger partial charge is 2.00 e. The monoisotopic (exact) mass is 846 g/mol. The summed E-state index contributed by atoms with van der Waals surface area (Å²) in [5.41, 5.74) is 6.41. The molecule has 3 amide bonds. The number of hydrogen-bond donors (Lipinski definition) is 12. The van der Waals surface area contributed by atoms with Crippen LogP contribution in [0.1, 0.15) is 28.9 Å². The predicted molar refractivity (Wildman–Crippen MR) is 190 cm³/mol. The van der Waals surface area contributed by atoms with E-state index in [2.05, 4.69) is 77.1 Å². The van der Waals surface area contributed by atoms with Gasteiger partial charge in [0.25, 0.3) is 11.5 Å². The molecule has 2 aromatic heterocycles. The van der Waals surface area contributed by atoms with Gasteiger partial charge in [-0.05, 0) is 30.7 Å². The summed E-state index contributed by atoms with van der Waals surface area (Å²) in [5.74, 6) is -3.59. The molecular weight excluding hydrogens is 809 g/mol. The maximum Gasteiger partial charge on any atom is 0.326 e. The molecule has 1 aromatic carbocycles. The molecule has 3 atom stereocenters. The number of carboxylic acid groups (broad SMARTS) is 2. The molecule has 0 aliphatic rings. The summed E-state index contributed by atoms with van der Waals surface area (Å²) in [6.07, 6.45) is 1.07. The molecule has 285 valence electrons. The number of fused-ring (bicyclic) bond motifs is 1. The van der Waals surface area contributed by atoms with Gasteiger partial charge in [-0.1, -0.05) is 0 Å². The second kappa shape index (κ2) is 23.2. The molecule has 1 radical (unpaired) electrons. The number of nitrogens with one attached hydrogen (secondary N) is 7. The number of thiol groups is 2. The van der Waals surface area contributed by atoms with Crippen molar-refractivity contribution in [2.75, 3.05) is 48.7 Å². The van der Waals surface area contributed by atoms with E-state index in [1.54, 1.807) is 12.1 Å². The van der Waals surface area contributed by atoms with Gasteiger partial charge in [0.05, 0.1) is 24.5 Å². The molecule has 1 unspecified atom stereocenters. The summed E-state index contributed by atoms with van der Waals surface area (Å²) < 4.78 is 0. The first-order valence-electron chi connectivity index (χ1n) is 15.3. The summed E-state index contributed by atoms with van der Waals surface area (Å²) in [6.45, 7) is 0.976. The first-order chi connectivity index (χ1) is 23.9. The van der Waals surface area contributed by atoms with E-state index < -0.39 is 47.4 Å². The normalized spacial score (nSPS) is 12.3. The van der Waals surface area contributed by atoms with Crippen LogP contribution in [0.2, 0.25) is 0 Å². The first kappa shape index (κ1) is 45.6. The van der Waals surface area contributed by atoms with Crippen molar-refractivity contribution >= 4 is 77.7 Å².